The maximum absolute atomic E-state index is 12.6. The minimum atomic E-state index is -3.63. The molecule has 0 fully saturated rings. The van der Waals surface area contributed by atoms with Gasteiger partial charge in [0.15, 0.2) is 0 Å². The Hall–Kier alpha value is -2.45. The van der Waals surface area contributed by atoms with E-state index in [9.17, 15) is 13.2 Å². The summed E-state index contributed by atoms with van der Waals surface area (Å²) in [4.78, 5) is 16.7. The zero-order chi connectivity index (χ0) is 19.2. The quantitative estimate of drug-likeness (QED) is 0.764. The van der Waals surface area contributed by atoms with E-state index in [2.05, 4.69) is 10.3 Å². The summed E-state index contributed by atoms with van der Waals surface area (Å²) >= 11 is 0. The Balaban J connectivity index is 2.29. The maximum atomic E-state index is 12.6. The Bertz CT molecular complexity index is 864. The molecule has 1 aromatic carbocycles. The Kier molecular flexibility index (Phi) is 6.70. The van der Waals surface area contributed by atoms with Gasteiger partial charge in [-0.25, -0.2) is 13.4 Å². The second kappa shape index (κ2) is 8.77. The first-order chi connectivity index (χ1) is 12.4. The summed E-state index contributed by atoms with van der Waals surface area (Å²) in [5.74, 6) is -0.120. The number of carbonyl (C=O) groups excluding carboxylic acids is 1. The molecule has 0 bridgehead atoms. The Morgan fingerprint density at radius 2 is 1.88 bits per heavy atom. The van der Waals surface area contributed by atoms with Crippen LogP contribution in [0.25, 0.3) is 0 Å². The molecule has 26 heavy (non-hydrogen) atoms. The normalized spacial score (nSPS) is 11.4. The molecule has 1 heterocycles. The molecule has 8 heteroatoms. The van der Waals surface area contributed by atoms with Crippen molar-refractivity contribution >= 4 is 21.6 Å². The van der Waals surface area contributed by atoms with Crippen LogP contribution in [0.4, 0.5) is 5.69 Å². The minimum Gasteiger partial charge on any atom is -0.476 e. The fourth-order valence-corrected chi connectivity index (χ4v) is 3.95. The number of pyridine rings is 1. The third-order valence-electron chi connectivity index (χ3n) is 3.74. The van der Waals surface area contributed by atoms with E-state index in [-0.39, 0.29) is 10.5 Å². The van der Waals surface area contributed by atoms with Crippen LogP contribution in [0.1, 0.15) is 31.1 Å². The van der Waals surface area contributed by atoms with Gasteiger partial charge in [-0.05, 0) is 37.3 Å². The number of benzene rings is 1. The molecule has 1 aromatic heterocycles. The number of sulfonamides is 1. The molecule has 0 spiro atoms. The molecule has 0 saturated carbocycles. The number of hydrogen-bond donors (Lipinski definition) is 1. The molecule has 1 amide bonds. The molecular formula is C18H23N3O4S. The van der Waals surface area contributed by atoms with Crippen LogP contribution in [0.15, 0.2) is 47.5 Å². The fourth-order valence-electron chi connectivity index (χ4n) is 2.44. The standard InChI is InChI=1S/C18H23N3O4S/c1-4-21(5-2)26(23,24)15-10-7-9-14(13-15)17(22)20-16-11-8-12-19-18(16)25-6-3/h7-13H,4-6H2,1-3H3,(H,20,22). The van der Waals surface area contributed by atoms with Crippen molar-refractivity contribution in [1.82, 2.24) is 9.29 Å². The molecule has 7 nitrogen and oxygen atoms in total. The highest BCUT2D eigenvalue weighted by Crippen LogP contribution is 2.22. The number of rotatable bonds is 8. The second-order valence-electron chi connectivity index (χ2n) is 5.36. The van der Waals surface area contributed by atoms with Gasteiger partial charge in [-0.2, -0.15) is 4.31 Å². The van der Waals surface area contributed by atoms with Crippen molar-refractivity contribution in [2.75, 3.05) is 25.0 Å². The topological polar surface area (TPSA) is 88.6 Å². The lowest BCUT2D eigenvalue weighted by Crippen LogP contribution is -2.30. The number of amides is 1. The van der Waals surface area contributed by atoms with Crippen LogP contribution in [0.3, 0.4) is 0 Å². The van der Waals surface area contributed by atoms with Gasteiger partial charge in [-0.1, -0.05) is 19.9 Å². The van der Waals surface area contributed by atoms with Crippen LogP contribution in [0.2, 0.25) is 0 Å². The largest absolute Gasteiger partial charge is 0.476 e. The van der Waals surface area contributed by atoms with Crippen LogP contribution in [0, 0.1) is 0 Å². The van der Waals surface area contributed by atoms with Crippen LogP contribution in [-0.2, 0) is 10.0 Å². The molecule has 1 N–H and O–H groups in total. The molecule has 0 radical (unpaired) electrons. The average Bonchev–Trinajstić information content (AvgIpc) is 2.64. The van der Waals surface area contributed by atoms with Crippen molar-refractivity contribution in [2.45, 2.75) is 25.7 Å². The van der Waals surface area contributed by atoms with E-state index in [1.165, 1.54) is 16.4 Å². The fraction of sp³-hybridized carbons (Fsp3) is 0.333. The third-order valence-corrected chi connectivity index (χ3v) is 5.79. The maximum Gasteiger partial charge on any atom is 0.255 e. The predicted octanol–water partition coefficient (Wildman–Crippen LogP) is 2.76. The van der Waals surface area contributed by atoms with Crippen LogP contribution >= 0.6 is 0 Å². The average molecular weight is 377 g/mol. The molecule has 0 saturated heterocycles. The number of nitrogens with one attached hydrogen (secondary N) is 1. The zero-order valence-corrected chi connectivity index (χ0v) is 15.9. The number of carbonyl (C=O) groups is 1. The van der Waals surface area contributed by atoms with Crippen molar-refractivity contribution in [3.63, 3.8) is 0 Å². The number of aromatic nitrogens is 1. The van der Waals surface area contributed by atoms with Crippen molar-refractivity contribution < 1.29 is 17.9 Å². The van der Waals surface area contributed by atoms with E-state index >= 15 is 0 Å². The SMILES string of the molecule is CCOc1ncccc1NC(=O)c1cccc(S(=O)(=O)N(CC)CC)c1. The summed E-state index contributed by atoms with van der Waals surface area (Å²) < 4.78 is 32.0. The van der Waals surface area contributed by atoms with E-state index in [4.69, 9.17) is 4.74 Å². The molecule has 0 aliphatic carbocycles. The molecule has 2 aromatic rings. The lowest BCUT2D eigenvalue weighted by molar-refractivity contribution is 0.102. The van der Waals surface area contributed by atoms with Crippen molar-refractivity contribution in [2.24, 2.45) is 0 Å². The van der Waals surface area contributed by atoms with Crippen LogP contribution < -0.4 is 10.1 Å². The van der Waals surface area contributed by atoms with Crippen LogP contribution in [-0.4, -0.2) is 43.3 Å². The van der Waals surface area contributed by atoms with E-state index in [1.54, 1.807) is 44.3 Å². The van der Waals surface area contributed by atoms with Gasteiger partial charge < -0.3 is 10.1 Å². The lowest BCUT2D eigenvalue weighted by atomic mass is 10.2. The number of ether oxygens (including phenoxy) is 1. The molecule has 0 unspecified atom stereocenters. The zero-order valence-electron chi connectivity index (χ0n) is 15.1. The number of hydrogen-bond acceptors (Lipinski definition) is 5. The Labute approximate surface area is 154 Å². The molecular weight excluding hydrogens is 354 g/mol. The summed E-state index contributed by atoms with van der Waals surface area (Å²) in [5.41, 5.74) is 0.667. The van der Waals surface area contributed by atoms with Crippen molar-refractivity contribution in [3.05, 3.63) is 48.2 Å². The first kappa shape index (κ1) is 19.9. The Morgan fingerprint density at radius 1 is 1.15 bits per heavy atom. The van der Waals surface area contributed by atoms with Crippen molar-refractivity contribution in [1.29, 1.82) is 0 Å². The second-order valence-corrected chi connectivity index (χ2v) is 7.30. The summed E-state index contributed by atoms with van der Waals surface area (Å²) in [6, 6.07) is 9.33. The molecule has 0 aliphatic heterocycles. The molecule has 0 aliphatic rings. The van der Waals surface area contributed by atoms with Gasteiger partial charge in [0.2, 0.25) is 15.9 Å². The lowest BCUT2D eigenvalue weighted by Gasteiger charge is -2.18. The van der Waals surface area contributed by atoms with Gasteiger partial charge in [0.1, 0.15) is 5.69 Å². The first-order valence-corrected chi connectivity index (χ1v) is 9.87. The number of nitrogens with zero attached hydrogens (tertiary/aromatic N) is 2. The van der Waals surface area contributed by atoms with Crippen molar-refractivity contribution in [3.8, 4) is 5.88 Å². The van der Waals surface area contributed by atoms with Crippen LogP contribution in [0.5, 0.6) is 5.88 Å². The Morgan fingerprint density at radius 3 is 2.54 bits per heavy atom. The predicted molar refractivity (Wildman–Crippen MR) is 99.9 cm³/mol. The number of anilines is 1. The monoisotopic (exact) mass is 377 g/mol. The highest BCUT2D eigenvalue weighted by atomic mass is 32.2. The van der Waals surface area contributed by atoms with E-state index < -0.39 is 15.9 Å². The van der Waals surface area contributed by atoms with E-state index in [0.717, 1.165) is 0 Å². The van der Waals surface area contributed by atoms with E-state index in [1.807, 2.05) is 6.92 Å². The summed E-state index contributed by atoms with van der Waals surface area (Å²) in [6.07, 6.45) is 1.57. The molecule has 0 atom stereocenters. The van der Waals surface area contributed by atoms with Gasteiger partial charge in [0.05, 0.1) is 11.5 Å². The van der Waals surface area contributed by atoms with Gasteiger partial charge in [0, 0.05) is 24.8 Å². The van der Waals surface area contributed by atoms with Gasteiger partial charge >= 0.3 is 0 Å². The van der Waals surface area contributed by atoms with Gasteiger partial charge in [-0.15, -0.1) is 0 Å². The van der Waals surface area contributed by atoms with Gasteiger partial charge in [0.25, 0.3) is 5.91 Å². The van der Waals surface area contributed by atoms with Gasteiger partial charge in [-0.3, -0.25) is 4.79 Å². The highest BCUT2D eigenvalue weighted by Gasteiger charge is 2.22. The third kappa shape index (κ3) is 4.39. The first-order valence-electron chi connectivity index (χ1n) is 8.43. The molecule has 140 valence electrons. The molecule has 2 rings (SSSR count). The highest BCUT2D eigenvalue weighted by molar-refractivity contribution is 7.89. The summed E-state index contributed by atoms with van der Waals surface area (Å²) in [7, 11) is -3.63. The summed E-state index contributed by atoms with van der Waals surface area (Å²) in [6.45, 7) is 6.51. The summed E-state index contributed by atoms with van der Waals surface area (Å²) in [5, 5.41) is 2.71. The smallest absolute Gasteiger partial charge is 0.255 e. The van der Waals surface area contributed by atoms with E-state index in [0.29, 0.717) is 31.3 Å². The minimum absolute atomic E-state index is 0.0880.